The number of nitrogens with two attached hydrogens (primary N) is 1. The molecule has 0 heterocycles. The second-order valence-corrected chi connectivity index (χ2v) is 3.28. The molecular formula is C8H20N4O2. The predicted octanol–water partition coefficient (Wildman–Crippen LogP) is 1.09. The van der Waals surface area contributed by atoms with Gasteiger partial charge < -0.3 is 16.1 Å². The second kappa shape index (κ2) is 8.55. The first-order valence-corrected chi connectivity index (χ1v) is 4.95. The molecule has 84 valence electrons. The molecule has 0 aliphatic heterocycles. The normalized spacial score (nSPS) is 11.7. The van der Waals surface area contributed by atoms with Crippen LogP contribution in [-0.4, -0.2) is 35.3 Å². The van der Waals surface area contributed by atoms with Crippen molar-refractivity contribution in [3.8, 4) is 0 Å². The summed E-state index contributed by atoms with van der Waals surface area (Å²) in [7, 11) is 1.59. The van der Waals surface area contributed by atoms with Crippen LogP contribution in [0.25, 0.3) is 0 Å². The van der Waals surface area contributed by atoms with Crippen molar-refractivity contribution in [2.45, 2.75) is 32.1 Å². The van der Waals surface area contributed by atoms with Crippen LogP contribution in [0.3, 0.4) is 0 Å². The van der Waals surface area contributed by atoms with Crippen molar-refractivity contribution >= 4 is 0 Å². The average molecular weight is 204 g/mol. The molecule has 0 radical (unpaired) electrons. The molecule has 0 aromatic carbocycles. The van der Waals surface area contributed by atoms with Crippen LogP contribution in [0.5, 0.6) is 0 Å². The molecule has 0 aliphatic rings. The van der Waals surface area contributed by atoms with E-state index < -0.39 is 0 Å². The third kappa shape index (κ3) is 6.47. The van der Waals surface area contributed by atoms with Gasteiger partial charge in [-0.15, -0.1) is 5.01 Å². The lowest BCUT2D eigenvalue weighted by atomic mass is 10.1. The van der Waals surface area contributed by atoms with E-state index in [1.54, 1.807) is 7.05 Å². The van der Waals surface area contributed by atoms with E-state index in [4.69, 9.17) is 10.9 Å². The summed E-state index contributed by atoms with van der Waals surface area (Å²) in [6.45, 7) is 1.35. The molecule has 6 nitrogen and oxygen atoms in total. The molecule has 0 spiro atoms. The highest BCUT2D eigenvalue weighted by Crippen LogP contribution is 2.02. The molecule has 3 N–H and O–H groups in total. The number of rotatable bonds is 8. The molecule has 0 saturated carbocycles. The summed E-state index contributed by atoms with van der Waals surface area (Å²) in [6, 6.07) is 0. The fourth-order valence-corrected chi connectivity index (χ4v) is 1.17. The molecule has 0 atom stereocenters. The third-order valence-corrected chi connectivity index (χ3v) is 2.05. The van der Waals surface area contributed by atoms with Crippen LogP contribution in [-0.2, 0) is 0 Å². The Hall–Kier alpha value is -1.04. The summed E-state index contributed by atoms with van der Waals surface area (Å²) in [5.74, 6) is 0. The molecule has 0 amide bonds. The van der Waals surface area contributed by atoms with Crippen LogP contribution in [0.4, 0.5) is 0 Å². The summed E-state index contributed by atoms with van der Waals surface area (Å²) in [5.41, 5.74) is 5.35. The molecule has 14 heavy (non-hydrogen) atoms. The molecule has 0 bridgehead atoms. The lowest BCUT2D eigenvalue weighted by molar-refractivity contribution is -0.704. The molecule has 0 unspecified atom stereocenters. The van der Waals surface area contributed by atoms with Gasteiger partial charge in [0.05, 0.1) is 18.6 Å². The van der Waals surface area contributed by atoms with Crippen molar-refractivity contribution in [2.75, 3.05) is 20.1 Å². The van der Waals surface area contributed by atoms with Crippen molar-refractivity contribution in [2.24, 2.45) is 11.0 Å². The Balaban J connectivity index is 3.27. The number of hydrazine groups is 1. The fourth-order valence-electron chi connectivity index (χ4n) is 1.17. The summed E-state index contributed by atoms with van der Waals surface area (Å²) in [6.07, 6.45) is 5.35. The molecule has 6 heteroatoms. The fraction of sp³-hybridized carbons (Fsp3) is 1.00. The number of nitrogens with zero attached hydrogens (tertiary/aromatic N) is 3. The topological polar surface area (TPSA) is 87.9 Å². The van der Waals surface area contributed by atoms with Gasteiger partial charge in [-0.2, -0.15) is 0 Å². The Bertz CT molecular complexity index is 163. The largest absolute Gasteiger partial charge is 0.569 e. The van der Waals surface area contributed by atoms with Crippen LogP contribution >= 0.6 is 0 Å². The van der Waals surface area contributed by atoms with Gasteiger partial charge in [-0.1, -0.05) is 19.3 Å². The van der Waals surface area contributed by atoms with E-state index in [2.05, 4.69) is 5.28 Å². The molecule has 0 fully saturated rings. The van der Waals surface area contributed by atoms with E-state index in [9.17, 15) is 5.21 Å². The Morgan fingerprint density at radius 1 is 1.29 bits per heavy atom. The summed E-state index contributed by atoms with van der Waals surface area (Å²) < 4.78 is 0. The first kappa shape index (κ1) is 13.0. The van der Waals surface area contributed by atoms with Crippen molar-refractivity contribution in [3.63, 3.8) is 0 Å². The molecule has 0 aliphatic carbocycles. The minimum Gasteiger partial charge on any atom is -0.569 e. The zero-order chi connectivity index (χ0) is 10.8. The smallest absolute Gasteiger partial charge is 0.230 e. The second-order valence-electron chi connectivity index (χ2n) is 3.28. The Kier molecular flexibility index (Phi) is 7.92. The van der Waals surface area contributed by atoms with Crippen LogP contribution < -0.4 is 5.73 Å². The van der Waals surface area contributed by atoms with Crippen molar-refractivity contribution in [3.05, 3.63) is 5.21 Å². The quantitative estimate of drug-likeness (QED) is 0.268. The minimum atomic E-state index is 0.180. The average Bonchev–Trinajstić information content (AvgIpc) is 2.21. The lowest BCUT2D eigenvalue weighted by Crippen LogP contribution is -2.27. The van der Waals surface area contributed by atoms with Crippen LogP contribution in [0.15, 0.2) is 5.28 Å². The van der Waals surface area contributed by atoms with Crippen molar-refractivity contribution in [1.82, 2.24) is 5.01 Å². The maximum absolute atomic E-state index is 10.7. The van der Waals surface area contributed by atoms with Gasteiger partial charge in [0, 0.05) is 0 Å². The predicted molar refractivity (Wildman–Crippen MR) is 52.6 cm³/mol. The summed E-state index contributed by atoms with van der Waals surface area (Å²) in [4.78, 5) is 0.180. The van der Waals surface area contributed by atoms with Crippen LogP contribution in [0.1, 0.15) is 32.1 Å². The van der Waals surface area contributed by atoms with Gasteiger partial charge in [-0.3, -0.25) is 0 Å². The Labute approximate surface area is 84.5 Å². The first-order valence-electron chi connectivity index (χ1n) is 4.95. The summed E-state index contributed by atoms with van der Waals surface area (Å²) in [5, 5.41) is 22.7. The monoisotopic (exact) mass is 204 g/mol. The van der Waals surface area contributed by atoms with Gasteiger partial charge in [0.2, 0.25) is 5.28 Å². The molecule has 0 aromatic heterocycles. The highest BCUT2D eigenvalue weighted by Gasteiger charge is 2.04. The lowest BCUT2D eigenvalue weighted by Gasteiger charge is -2.11. The van der Waals surface area contributed by atoms with Gasteiger partial charge in [-0.25, -0.2) is 0 Å². The molecular weight excluding hydrogens is 184 g/mol. The maximum atomic E-state index is 10.7. The molecule has 0 saturated heterocycles. The van der Waals surface area contributed by atoms with Gasteiger partial charge in [0.15, 0.2) is 0 Å². The number of hydrogen-bond acceptors (Lipinski definition) is 3. The van der Waals surface area contributed by atoms with Crippen molar-refractivity contribution in [1.29, 1.82) is 0 Å². The van der Waals surface area contributed by atoms with Crippen LogP contribution in [0, 0.1) is 5.21 Å². The zero-order valence-corrected chi connectivity index (χ0v) is 8.72. The first-order chi connectivity index (χ1) is 6.72. The van der Waals surface area contributed by atoms with Gasteiger partial charge in [0.25, 0.3) is 0 Å². The molecule has 0 rings (SSSR count). The Morgan fingerprint density at radius 3 is 2.43 bits per heavy atom. The van der Waals surface area contributed by atoms with Crippen molar-refractivity contribution < 1.29 is 10.2 Å². The maximum Gasteiger partial charge on any atom is 0.230 e. The van der Waals surface area contributed by atoms with Gasteiger partial charge in [0.1, 0.15) is 0 Å². The third-order valence-electron chi connectivity index (χ3n) is 2.05. The molecule has 0 aromatic rings. The number of unbranched alkanes of at least 4 members (excludes halogenated alkanes) is 4. The van der Waals surface area contributed by atoms with Gasteiger partial charge >= 0.3 is 0 Å². The van der Waals surface area contributed by atoms with E-state index in [1.165, 1.54) is 5.01 Å². The Morgan fingerprint density at radius 2 is 1.86 bits per heavy atom. The van der Waals surface area contributed by atoms with E-state index in [0.717, 1.165) is 38.6 Å². The summed E-state index contributed by atoms with van der Waals surface area (Å²) >= 11 is 0. The zero-order valence-electron chi connectivity index (χ0n) is 8.72. The van der Waals surface area contributed by atoms with E-state index in [0.29, 0.717) is 6.54 Å². The standard InChI is InChI=1S/C8H20N4O2/c1-11(12(14)10-13)8-6-4-2-3-5-7-9/h13H,2-9H2,1H3. The van der Waals surface area contributed by atoms with E-state index in [-0.39, 0.29) is 4.97 Å². The SMILES string of the molecule is CN(CCCCCCCN)[N+]([O-])=NO. The van der Waals surface area contributed by atoms with E-state index >= 15 is 0 Å². The van der Waals surface area contributed by atoms with Crippen LogP contribution in [0.2, 0.25) is 0 Å². The highest BCUT2D eigenvalue weighted by molar-refractivity contribution is 4.46. The van der Waals surface area contributed by atoms with Gasteiger partial charge in [-0.05, 0) is 19.4 Å². The minimum absolute atomic E-state index is 0.180. The number of hydrogen-bond donors (Lipinski definition) is 2. The highest BCUT2D eigenvalue weighted by atomic mass is 16.6. The van der Waals surface area contributed by atoms with E-state index in [1.807, 2.05) is 0 Å².